The van der Waals surface area contributed by atoms with Crippen molar-refractivity contribution in [3.05, 3.63) is 29.8 Å². The summed E-state index contributed by atoms with van der Waals surface area (Å²) in [7, 11) is 1.62. The van der Waals surface area contributed by atoms with Gasteiger partial charge in [0.25, 0.3) is 0 Å². The molecular formula is C14H18N2O3. The van der Waals surface area contributed by atoms with Crippen molar-refractivity contribution in [1.29, 1.82) is 0 Å². The lowest BCUT2D eigenvalue weighted by molar-refractivity contribution is -0.145. The highest BCUT2D eigenvalue weighted by atomic mass is 16.3. The SMILES string of the molecule is CC(O)Cc1ccccc1N1CCN(C)C(=O)C1=O. The van der Waals surface area contributed by atoms with Crippen molar-refractivity contribution >= 4 is 17.5 Å². The first-order valence-corrected chi connectivity index (χ1v) is 6.33. The van der Waals surface area contributed by atoms with Gasteiger partial charge in [0.15, 0.2) is 0 Å². The Labute approximate surface area is 112 Å². The van der Waals surface area contributed by atoms with Crippen molar-refractivity contribution < 1.29 is 14.7 Å². The topological polar surface area (TPSA) is 60.9 Å². The Hall–Kier alpha value is -1.88. The van der Waals surface area contributed by atoms with Crippen LogP contribution in [-0.4, -0.2) is 48.1 Å². The van der Waals surface area contributed by atoms with Crippen LogP contribution >= 0.6 is 0 Å². The maximum atomic E-state index is 12.0. The number of anilines is 1. The predicted molar refractivity (Wildman–Crippen MR) is 71.8 cm³/mol. The first-order valence-electron chi connectivity index (χ1n) is 6.33. The molecule has 0 saturated carbocycles. The number of aliphatic hydroxyl groups excluding tert-OH is 1. The fourth-order valence-electron chi connectivity index (χ4n) is 2.23. The van der Waals surface area contributed by atoms with Gasteiger partial charge >= 0.3 is 11.8 Å². The van der Waals surface area contributed by atoms with Crippen LogP contribution in [0.25, 0.3) is 0 Å². The normalized spacial score (nSPS) is 17.8. The zero-order valence-electron chi connectivity index (χ0n) is 11.2. The van der Waals surface area contributed by atoms with E-state index in [1.165, 1.54) is 9.80 Å². The zero-order chi connectivity index (χ0) is 14.0. The van der Waals surface area contributed by atoms with E-state index in [9.17, 15) is 14.7 Å². The smallest absolute Gasteiger partial charge is 0.316 e. The van der Waals surface area contributed by atoms with E-state index in [-0.39, 0.29) is 0 Å². The minimum Gasteiger partial charge on any atom is -0.393 e. The summed E-state index contributed by atoms with van der Waals surface area (Å²) in [5.41, 5.74) is 1.60. The molecule has 1 aromatic rings. The van der Waals surface area contributed by atoms with Crippen molar-refractivity contribution in [2.75, 3.05) is 25.0 Å². The van der Waals surface area contributed by atoms with Gasteiger partial charge in [0.1, 0.15) is 0 Å². The summed E-state index contributed by atoms with van der Waals surface area (Å²) in [6.45, 7) is 2.71. The van der Waals surface area contributed by atoms with E-state index < -0.39 is 17.9 Å². The number of piperazine rings is 1. The Kier molecular flexibility index (Phi) is 3.85. The number of aliphatic hydroxyl groups is 1. The number of amides is 2. The number of hydrogen-bond donors (Lipinski definition) is 1. The van der Waals surface area contributed by atoms with E-state index in [1.54, 1.807) is 14.0 Å². The summed E-state index contributed by atoms with van der Waals surface area (Å²) < 4.78 is 0. The lowest BCUT2D eigenvalue weighted by Gasteiger charge is -2.32. The standard InChI is InChI=1S/C14H18N2O3/c1-10(17)9-11-5-3-4-6-12(11)16-8-7-15(2)13(18)14(16)19/h3-6,10,17H,7-9H2,1-2H3. The second-order valence-electron chi connectivity index (χ2n) is 4.87. The maximum Gasteiger partial charge on any atom is 0.316 e. The molecule has 19 heavy (non-hydrogen) atoms. The molecule has 1 saturated heterocycles. The van der Waals surface area contributed by atoms with Gasteiger partial charge in [-0.2, -0.15) is 0 Å². The molecule has 0 aromatic heterocycles. The average Bonchev–Trinajstić information content (AvgIpc) is 2.37. The van der Waals surface area contributed by atoms with Gasteiger partial charge in [-0.25, -0.2) is 0 Å². The van der Waals surface area contributed by atoms with Gasteiger partial charge in [0.05, 0.1) is 6.10 Å². The number of hydrogen-bond acceptors (Lipinski definition) is 3. The molecule has 2 rings (SSSR count). The molecule has 1 heterocycles. The summed E-state index contributed by atoms with van der Waals surface area (Å²) in [5, 5.41) is 9.51. The van der Waals surface area contributed by atoms with Crippen molar-refractivity contribution in [3.63, 3.8) is 0 Å². The molecule has 1 fully saturated rings. The second kappa shape index (κ2) is 5.40. The monoisotopic (exact) mass is 262 g/mol. The fourth-order valence-corrected chi connectivity index (χ4v) is 2.23. The summed E-state index contributed by atoms with van der Waals surface area (Å²) in [4.78, 5) is 26.7. The Bertz CT molecular complexity index is 499. The van der Waals surface area contributed by atoms with Gasteiger partial charge < -0.3 is 14.9 Å². The molecule has 1 aliphatic rings. The molecule has 0 bridgehead atoms. The van der Waals surface area contributed by atoms with Crippen LogP contribution < -0.4 is 4.90 Å². The zero-order valence-corrected chi connectivity index (χ0v) is 11.2. The van der Waals surface area contributed by atoms with E-state index in [4.69, 9.17) is 0 Å². The summed E-state index contributed by atoms with van der Waals surface area (Å²) in [6, 6.07) is 7.38. The molecular weight excluding hydrogens is 244 g/mol. The molecule has 102 valence electrons. The first kappa shape index (κ1) is 13.5. The van der Waals surface area contributed by atoms with Crippen LogP contribution in [0.4, 0.5) is 5.69 Å². The summed E-state index contributed by atoms with van der Waals surface area (Å²) >= 11 is 0. The highest BCUT2D eigenvalue weighted by Crippen LogP contribution is 2.23. The minimum atomic E-state index is -0.508. The lowest BCUT2D eigenvalue weighted by Crippen LogP contribution is -2.53. The molecule has 5 heteroatoms. The van der Waals surface area contributed by atoms with Crippen molar-refractivity contribution in [1.82, 2.24) is 4.90 Å². The van der Waals surface area contributed by atoms with E-state index in [2.05, 4.69) is 0 Å². The number of nitrogens with zero attached hydrogens (tertiary/aromatic N) is 2. The average molecular weight is 262 g/mol. The number of para-hydroxylation sites is 1. The highest BCUT2D eigenvalue weighted by molar-refractivity contribution is 6.41. The predicted octanol–water partition coefficient (Wildman–Crippen LogP) is 0.415. The molecule has 2 amide bonds. The maximum absolute atomic E-state index is 12.0. The molecule has 1 aromatic carbocycles. The Balaban J connectivity index is 2.31. The van der Waals surface area contributed by atoms with Gasteiger partial charge in [0, 0.05) is 32.2 Å². The molecule has 1 unspecified atom stereocenters. The summed E-state index contributed by atoms with van der Waals surface area (Å²) in [6.07, 6.45) is -0.0244. The quantitative estimate of drug-likeness (QED) is 0.803. The molecule has 1 atom stereocenters. The molecule has 1 N–H and O–H groups in total. The van der Waals surface area contributed by atoms with Crippen LogP contribution in [0.5, 0.6) is 0 Å². The van der Waals surface area contributed by atoms with E-state index in [0.717, 1.165) is 11.3 Å². The van der Waals surface area contributed by atoms with Crippen LogP contribution in [0.1, 0.15) is 12.5 Å². The number of carbonyl (C=O) groups excluding carboxylic acids is 2. The van der Waals surface area contributed by atoms with E-state index in [0.29, 0.717) is 19.5 Å². The van der Waals surface area contributed by atoms with Crippen LogP contribution in [0.15, 0.2) is 24.3 Å². The van der Waals surface area contributed by atoms with Gasteiger partial charge in [-0.15, -0.1) is 0 Å². The number of rotatable bonds is 3. The number of benzene rings is 1. The minimum absolute atomic E-state index is 0.462. The molecule has 1 aliphatic heterocycles. The van der Waals surface area contributed by atoms with Crippen LogP contribution in [0.2, 0.25) is 0 Å². The van der Waals surface area contributed by atoms with Gasteiger partial charge in [-0.1, -0.05) is 18.2 Å². The Morgan fingerprint density at radius 2 is 1.89 bits per heavy atom. The number of carbonyl (C=O) groups is 2. The third-order valence-corrected chi connectivity index (χ3v) is 3.23. The van der Waals surface area contributed by atoms with E-state index in [1.807, 2.05) is 24.3 Å². The molecule has 0 spiro atoms. The van der Waals surface area contributed by atoms with Crippen molar-refractivity contribution in [2.45, 2.75) is 19.4 Å². The molecule has 0 aliphatic carbocycles. The van der Waals surface area contributed by atoms with E-state index >= 15 is 0 Å². The molecule has 5 nitrogen and oxygen atoms in total. The van der Waals surface area contributed by atoms with Gasteiger partial charge in [0.2, 0.25) is 0 Å². The first-order chi connectivity index (χ1) is 9.00. The van der Waals surface area contributed by atoms with Crippen LogP contribution in [0.3, 0.4) is 0 Å². The fraction of sp³-hybridized carbons (Fsp3) is 0.429. The van der Waals surface area contributed by atoms with Crippen molar-refractivity contribution in [2.24, 2.45) is 0 Å². The third kappa shape index (κ3) is 2.76. The largest absolute Gasteiger partial charge is 0.393 e. The van der Waals surface area contributed by atoms with Gasteiger partial charge in [-0.05, 0) is 18.6 Å². The highest BCUT2D eigenvalue weighted by Gasteiger charge is 2.32. The van der Waals surface area contributed by atoms with Crippen LogP contribution in [-0.2, 0) is 16.0 Å². The molecule has 0 radical (unpaired) electrons. The van der Waals surface area contributed by atoms with Crippen LogP contribution in [0, 0.1) is 0 Å². The third-order valence-electron chi connectivity index (χ3n) is 3.23. The van der Waals surface area contributed by atoms with Crippen molar-refractivity contribution in [3.8, 4) is 0 Å². The Morgan fingerprint density at radius 3 is 2.58 bits per heavy atom. The number of likely N-dealkylation sites (N-methyl/N-ethyl adjacent to an activating group) is 1. The van der Waals surface area contributed by atoms with Gasteiger partial charge in [-0.3, -0.25) is 9.59 Å². The Morgan fingerprint density at radius 1 is 1.21 bits per heavy atom. The lowest BCUT2D eigenvalue weighted by atomic mass is 10.0. The summed E-state index contributed by atoms with van der Waals surface area (Å²) in [5.74, 6) is -0.995. The second-order valence-corrected chi connectivity index (χ2v) is 4.87.